The van der Waals surface area contributed by atoms with Gasteiger partial charge < -0.3 is 14.2 Å². The second-order valence-electron chi connectivity index (χ2n) is 10.3. The van der Waals surface area contributed by atoms with Gasteiger partial charge in [-0.15, -0.1) is 0 Å². The fourth-order valence-electron chi connectivity index (χ4n) is 4.18. The molecule has 1 aromatic rings. The van der Waals surface area contributed by atoms with E-state index in [1.54, 1.807) is 0 Å². The molecule has 4 nitrogen and oxygen atoms in total. The maximum absolute atomic E-state index is 12.1. The molecule has 0 saturated heterocycles. The van der Waals surface area contributed by atoms with Crippen LogP contribution in [0.25, 0.3) is 0 Å². The van der Waals surface area contributed by atoms with Crippen LogP contribution in [-0.4, -0.2) is 24.5 Å². The Morgan fingerprint density at radius 3 is 2.13 bits per heavy atom. The molecule has 0 radical (unpaired) electrons. The largest absolute Gasteiger partial charge is 0.460 e. The van der Waals surface area contributed by atoms with Crippen LogP contribution in [0.3, 0.4) is 0 Å². The predicted molar refractivity (Wildman–Crippen MR) is 123 cm³/mol. The minimum Gasteiger partial charge on any atom is -0.460 e. The first-order valence-electron chi connectivity index (χ1n) is 11.4. The summed E-state index contributed by atoms with van der Waals surface area (Å²) in [4.78, 5) is 12.1. The molecule has 4 atom stereocenters. The highest BCUT2D eigenvalue weighted by molar-refractivity contribution is 5.70. The van der Waals surface area contributed by atoms with Crippen molar-refractivity contribution in [2.24, 2.45) is 23.7 Å². The van der Waals surface area contributed by atoms with Crippen molar-refractivity contribution < 1.29 is 19.0 Å². The highest BCUT2D eigenvalue weighted by Gasteiger charge is 2.25. The molecule has 0 unspecified atom stereocenters. The van der Waals surface area contributed by atoms with Gasteiger partial charge >= 0.3 is 5.97 Å². The van der Waals surface area contributed by atoms with Crippen molar-refractivity contribution in [3.8, 4) is 0 Å². The molecule has 172 valence electrons. The molecule has 0 aromatic heterocycles. The third-order valence-corrected chi connectivity index (χ3v) is 5.19. The number of carbonyl (C=O) groups excluding carboxylic acids is 1. The lowest BCUT2D eigenvalue weighted by atomic mass is 9.83. The van der Waals surface area contributed by atoms with Gasteiger partial charge in [0.2, 0.25) is 0 Å². The fourth-order valence-corrected chi connectivity index (χ4v) is 4.18. The number of benzene rings is 1. The molecular weight excluding hydrogens is 376 g/mol. The number of ether oxygens (including phenoxy) is 3. The second kappa shape index (κ2) is 13.1. The molecule has 1 aromatic carbocycles. The molecule has 0 saturated carbocycles. The van der Waals surface area contributed by atoms with E-state index in [0.717, 1.165) is 18.4 Å². The third-order valence-electron chi connectivity index (χ3n) is 5.19. The molecule has 0 aliphatic heterocycles. The van der Waals surface area contributed by atoms with Crippen LogP contribution < -0.4 is 0 Å². The van der Waals surface area contributed by atoms with Crippen molar-refractivity contribution in [2.75, 3.05) is 6.79 Å². The Balaban J connectivity index is 2.39. The van der Waals surface area contributed by atoms with Crippen LogP contribution >= 0.6 is 0 Å². The van der Waals surface area contributed by atoms with E-state index < -0.39 is 5.60 Å². The normalized spacial score (nSPS) is 16.2. The minimum absolute atomic E-state index is 0.103. The Labute approximate surface area is 184 Å². The molecule has 0 N–H and O–H groups in total. The number of rotatable bonds is 13. The van der Waals surface area contributed by atoms with Gasteiger partial charge in [0.1, 0.15) is 12.4 Å². The van der Waals surface area contributed by atoms with Gasteiger partial charge in [0.25, 0.3) is 0 Å². The zero-order valence-electron chi connectivity index (χ0n) is 20.4. The van der Waals surface area contributed by atoms with Crippen LogP contribution in [0.5, 0.6) is 0 Å². The average Bonchev–Trinajstić information content (AvgIpc) is 2.59. The van der Waals surface area contributed by atoms with Crippen molar-refractivity contribution in [1.82, 2.24) is 0 Å². The standard InChI is InChI=1S/C26H44O4/c1-19(2)25(29-18-28-17-23-12-10-9-11-13-23)22(5)15-20(3)14-21(4)16-24(27)30-26(6,7)8/h9-13,19-22,25H,14-18H2,1-8H3/t20-,21+,22-,25+/m0/s1. The molecule has 0 aliphatic rings. The molecule has 0 heterocycles. The lowest BCUT2D eigenvalue weighted by Gasteiger charge is -2.30. The number of esters is 1. The fraction of sp³-hybridized carbons (Fsp3) is 0.731. The Kier molecular flexibility index (Phi) is 11.6. The summed E-state index contributed by atoms with van der Waals surface area (Å²) >= 11 is 0. The van der Waals surface area contributed by atoms with E-state index in [-0.39, 0.29) is 12.1 Å². The van der Waals surface area contributed by atoms with Gasteiger partial charge in [-0.3, -0.25) is 4.79 Å². The van der Waals surface area contributed by atoms with E-state index in [9.17, 15) is 4.79 Å². The van der Waals surface area contributed by atoms with Crippen LogP contribution in [-0.2, 0) is 25.6 Å². The van der Waals surface area contributed by atoms with E-state index in [4.69, 9.17) is 14.2 Å². The first-order valence-corrected chi connectivity index (χ1v) is 11.4. The van der Waals surface area contributed by atoms with Gasteiger partial charge in [0, 0.05) is 6.42 Å². The molecule has 1 rings (SSSR count). The summed E-state index contributed by atoms with van der Waals surface area (Å²) in [5, 5.41) is 0. The smallest absolute Gasteiger partial charge is 0.306 e. The van der Waals surface area contributed by atoms with Gasteiger partial charge in [-0.05, 0) is 62.8 Å². The highest BCUT2D eigenvalue weighted by atomic mass is 16.7. The van der Waals surface area contributed by atoms with Crippen molar-refractivity contribution >= 4 is 5.97 Å². The monoisotopic (exact) mass is 420 g/mol. The summed E-state index contributed by atoms with van der Waals surface area (Å²) in [6, 6.07) is 10.2. The average molecular weight is 421 g/mol. The molecular formula is C26H44O4. The topological polar surface area (TPSA) is 44.8 Å². The summed E-state index contributed by atoms with van der Waals surface area (Å²) in [6.07, 6.45) is 2.72. The molecule has 30 heavy (non-hydrogen) atoms. The lowest BCUT2D eigenvalue weighted by molar-refractivity contribution is -0.156. The molecule has 0 fully saturated rings. The third kappa shape index (κ3) is 11.7. The maximum atomic E-state index is 12.1. The van der Waals surface area contributed by atoms with Gasteiger partial charge in [-0.1, -0.05) is 65.0 Å². The number of hydrogen-bond acceptors (Lipinski definition) is 4. The van der Waals surface area contributed by atoms with Crippen LogP contribution in [0.1, 0.15) is 80.2 Å². The first kappa shape index (κ1) is 26.6. The van der Waals surface area contributed by atoms with E-state index in [1.807, 2.05) is 39.0 Å². The van der Waals surface area contributed by atoms with E-state index in [2.05, 4.69) is 46.8 Å². The van der Waals surface area contributed by atoms with E-state index in [1.165, 1.54) is 0 Å². The van der Waals surface area contributed by atoms with Gasteiger partial charge in [-0.25, -0.2) is 0 Å². The summed E-state index contributed by atoms with van der Waals surface area (Å²) in [7, 11) is 0. The van der Waals surface area contributed by atoms with Crippen LogP contribution in [0.4, 0.5) is 0 Å². The molecule has 0 spiro atoms. The van der Waals surface area contributed by atoms with Crippen molar-refractivity contribution in [3.63, 3.8) is 0 Å². The lowest BCUT2D eigenvalue weighted by Crippen LogP contribution is -2.30. The zero-order chi connectivity index (χ0) is 22.7. The van der Waals surface area contributed by atoms with Crippen molar-refractivity contribution in [1.29, 1.82) is 0 Å². The molecule has 4 heteroatoms. The van der Waals surface area contributed by atoms with Crippen LogP contribution in [0.2, 0.25) is 0 Å². The van der Waals surface area contributed by atoms with Crippen molar-refractivity contribution in [3.05, 3.63) is 35.9 Å². The summed E-state index contributed by atoms with van der Waals surface area (Å²) < 4.78 is 17.3. The summed E-state index contributed by atoms with van der Waals surface area (Å²) in [5.74, 6) is 1.58. The van der Waals surface area contributed by atoms with Crippen LogP contribution in [0.15, 0.2) is 30.3 Å². The van der Waals surface area contributed by atoms with E-state index >= 15 is 0 Å². The summed E-state index contributed by atoms with van der Waals surface area (Å²) in [6.45, 7) is 17.7. The van der Waals surface area contributed by atoms with Crippen molar-refractivity contribution in [2.45, 2.75) is 93.0 Å². The first-order chi connectivity index (χ1) is 14.0. The highest BCUT2D eigenvalue weighted by Crippen LogP contribution is 2.28. The number of carbonyl (C=O) groups is 1. The Morgan fingerprint density at radius 2 is 1.57 bits per heavy atom. The van der Waals surface area contributed by atoms with Crippen LogP contribution in [0, 0.1) is 23.7 Å². The minimum atomic E-state index is -0.415. The molecule has 0 aliphatic carbocycles. The summed E-state index contributed by atoms with van der Waals surface area (Å²) in [5.41, 5.74) is 0.740. The Hall–Kier alpha value is -1.39. The zero-order valence-corrected chi connectivity index (χ0v) is 20.4. The molecule has 0 bridgehead atoms. The SMILES string of the molecule is CC(C)[C@@H](OCOCc1ccccc1)[C@@H](C)C[C@@H](C)C[C@@H](C)CC(=O)OC(C)(C)C. The number of hydrogen-bond donors (Lipinski definition) is 0. The Bertz CT molecular complexity index is 591. The van der Waals surface area contributed by atoms with E-state index in [0.29, 0.717) is 43.5 Å². The quantitative estimate of drug-likeness (QED) is 0.204. The van der Waals surface area contributed by atoms with Gasteiger partial charge in [0.15, 0.2) is 0 Å². The predicted octanol–water partition coefficient (Wildman–Crippen LogP) is 6.62. The second-order valence-corrected chi connectivity index (χ2v) is 10.3. The maximum Gasteiger partial charge on any atom is 0.306 e. The Morgan fingerprint density at radius 1 is 0.933 bits per heavy atom. The van der Waals surface area contributed by atoms with Gasteiger partial charge in [-0.2, -0.15) is 0 Å². The molecule has 0 amide bonds. The van der Waals surface area contributed by atoms with Gasteiger partial charge in [0.05, 0.1) is 12.7 Å².